The lowest BCUT2D eigenvalue weighted by Crippen LogP contribution is -2.29. The molecule has 1 atom stereocenters. The summed E-state index contributed by atoms with van der Waals surface area (Å²) in [6.45, 7) is 0.544. The zero-order chi connectivity index (χ0) is 14.9. The molecule has 1 fully saturated rings. The van der Waals surface area contributed by atoms with E-state index in [0.29, 0.717) is 17.8 Å². The number of likely N-dealkylation sites (tertiary alicyclic amines) is 1. The van der Waals surface area contributed by atoms with Crippen molar-refractivity contribution in [2.24, 2.45) is 5.92 Å². The number of thiophene rings is 1. The Morgan fingerprint density at radius 3 is 2.75 bits per heavy atom. The van der Waals surface area contributed by atoms with Crippen molar-refractivity contribution in [1.82, 2.24) is 9.62 Å². The van der Waals surface area contributed by atoms with Gasteiger partial charge in [0.2, 0.25) is 10.0 Å². The minimum atomic E-state index is -3.56. The quantitative estimate of drug-likeness (QED) is 0.825. The lowest BCUT2D eigenvalue weighted by atomic mass is 10.1. The zero-order valence-corrected chi connectivity index (χ0v) is 12.3. The summed E-state index contributed by atoms with van der Waals surface area (Å²) in [4.78, 5) is 24.8. The molecule has 1 aliphatic rings. The number of carboxylic acids is 1. The van der Waals surface area contributed by atoms with Crippen molar-refractivity contribution >= 4 is 33.2 Å². The molecule has 1 aromatic rings. The van der Waals surface area contributed by atoms with E-state index in [0.717, 1.165) is 11.3 Å². The van der Waals surface area contributed by atoms with Crippen molar-refractivity contribution in [1.29, 1.82) is 0 Å². The molecule has 0 bridgehead atoms. The molecule has 2 N–H and O–H groups in total. The molecule has 0 saturated carbocycles. The monoisotopic (exact) mass is 318 g/mol. The number of hydrogen-bond donors (Lipinski definition) is 2. The highest BCUT2D eigenvalue weighted by atomic mass is 32.2. The van der Waals surface area contributed by atoms with E-state index in [4.69, 9.17) is 5.11 Å². The summed E-state index contributed by atoms with van der Waals surface area (Å²) in [5.41, 5.74) is 0. The Hall–Kier alpha value is -1.45. The van der Waals surface area contributed by atoms with Gasteiger partial charge in [-0.25, -0.2) is 13.1 Å². The first-order valence-corrected chi connectivity index (χ1v) is 8.25. The van der Waals surface area contributed by atoms with Crippen molar-refractivity contribution in [3.8, 4) is 0 Å². The third-order valence-corrected chi connectivity index (χ3v) is 5.65. The van der Waals surface area contributed by atoms with E-state index in [-0.39, 0.29) is 17.3 Å². The van der Waals surface area contributed by atoms with Crippen LogP contribution in [0.1, 0.15) is 16.1 Å². The predicted octanol–water partition coefficient (Wildman–Crippen LogP) is 0.203. The highest BCUT2D eigenvalue weighted by molar-refractivity contribution is 7.89. The molecule has 2 rings (SSSR count). The van der Waals surface area contributed by atoms with E-state index in [1.54, 1.807) is 0 Å². The average Bonchev–Trinajstić information content (AvgIpc) is 3.07. The van der Waals surface area contributed by atoms with E-state index in [1.807, 2.05) is 0 Å². The summed E-state index contributed by atoms with van der Waals surface area (Å²) in [5.74, 6) is -1.78. The molecule has 0 spiro atoms. The fourth-order valence-electron chi connectivity index (χ4n) is 1.99. The number of nitrogens with zero attached hydrogens (tertiary/aromatic N) is 1. The van der Waals surface area contributed by atoms with E-state index in [9.17, 15) is 18.0 Å². The first-order chi connectivity index (χ1) is 9.35. The predicted molar refractivity (Wildman–Crippen MR) is 72.2 cm³/mol. The number of amides is 1. The Balaban J connectivity index is 2.14. The van der Waals surface area contributed by atoms with Crippen molar-refractivity contribution in [3.63, 3.8) is 0 Å². The van der Waals surface area contributed by atoms with Crippen LogP contribution in [-0.2, 0) is 14.8 Å². The fourth-order valence-corrected chi connectivity index (χ4v) is 3.96. The Morgan fingerprint density at radius 2 is 2.20 bits per heavy atom. The molecule has 1 aromatic heterocycles. The number of rotatable bonds is 4. The van der Waals surface area contributed by atoms with E-state index >= 15 is 0 Å². The lowest BCUT2D eigenvalue weighted by Gasteiger charge is -2.14. The van der Waals surface area contributed by atoms with Gasteiger partial charge in [0.05, 0.1) is 15.7 Å². The lowest BCUT2D eigenvalue weighted by molar-refractivity contribution is -0.141. The highest BCUT2D eigenvalue weighted by Gasteiger charge is 2.32. The third kappa shape index (κ3) is 2.84. The van der Waals surface area contributed by atoms with Gasteiger partial charge in [0.15, 0.2) is 0 Å². The topological polar surface area (TPSA) is 104 Å². The largest absolute Gasteiger partial charge is 0.481 e. The second kappa shape index (κ2) is 5.51. The van der Waals surface area contributed by atoms with Crippen LogP contribution >= 0.6 is 11.3 Å². The van der Waals surface area contributed by atoms with Gasteiger partial charge in [-0.2, -0.15) is 0 Å². The maximum atomic E-state index is 12.2. The SMILES string of the molecule is CNS(=O)(=O)c1csc(C(=O)N2CCC(C(=O)O)C2)c1. The maximum absolute atomic E-state index is 12.2. The van der Waals surface area contributed by atoms with Crippen LogP contribution in [0.3, 0.4) is 0 Å². The normalized spacial score (nSPS) is 19.2. The van der Waals surface area contributed by atoms with Gasteiger partial charge in [0.1, 0.15) is 0 Å². The van der Waals surface area contributed by atoms with Gasteiger partial charge in [0, 0.05) is 18.5 Å². The number of carbonyl (C=O) groups excluding carboxylic acids is 1. The summed E-state index contributed by atoms with van der Waals surface area (Å²) in [5, 5.41) is 10.3. The van der Waals surface area contributed by atoms with Crippen molar-refractivity contribution in [3.05, 3.63) is 16.3 Å². The molecule has 9 heteroatoms. The molecular formula is C11H14N2O5S2. The van der Waals surface area contributed by atoms with E-state index in [2.05, 4.69) is 4.72 Å². The molecule has 110 valence electrons. The molecule has 0 aromatic carbocycles. The smallest absolute Gasteiger partial charge is 0.308 e. The fraction of sp³-hybridized carbons (Fsp3) is 0.455. The molecule has 20 heavy (non-hydrogen) atoms. The first kappa shape index (κ1) is 14.9. The van der Waals surface area contributed by atoms with Crippen LogP contribution in [0, 0.1) is 5.92 Å². The first-order valence-electron chi connectivity index (χ1n) is 5.89. The van der Waals surface area contributed by atoms with Gasteiger partial charge in [-0.15, -0.1) is 11.3 Å². The molecular weight excluding hydrogens is 304 g/mol. The summed E-state index contributed by atoms with van der Waals surface area (Å²) in [6.07, 6.45) is 0.425. The molecule has 1 unspecified atom stereocenters. The second-order valence-corrected chi connectivity index (χ2v) is 7.23. The Labute approximate surface area is 120 Å². The summed E-state index contributed by atoms with van der Waals surface area (Å²) in [6, 6.07) is 1.31. The van der Waals surface area contributed by atoms with Crippen LogP contribution in [0.25, 0.3) is 0 Å². The summed E-state index contributed by atoms with van der Waals surface area (Å²) in [7, 11) is -2.27. The standard InChI is InChI=1S/C11H14N2O5S2/c1-12-20(17,18)8-4-9(19-6-8)10(14)13-3-2-7(5-13)11(15)16/h4,6-7,12H,2-3,5H2,1H3,(H,15,16). The van der Waals surface area contributed by atoms with Gasteiger partial charge in [-0.3, -0.25) is 9.59 Å². The van der Waals surface area contributed by atoms with Crippen molar-refractivity contribution < 1.29 is 23.1 Å². The maximum Gasteiger partial charge on any atom is 0.308 e. The van der Waals surface area contributed by atoms with Crippen LogP contribution in [0.4, 0.5) is 0 Å². The molecule has 1 amide bonds. The van der Waals surface area contributed by atoms with Crippen LogP contribution < -0.4 is 4.72 Å². The number of nitrogens with one attached hydrogen (secondary N) is 1. The minimum absolute atomic E-state index is 0.0438. The third-order valence-electron chi connectivity index (χ3n) is 3.19. The number of carboxylic acid groups (broad SMARTS) is 1. The van der Waals surface area contributed by atoms with Crippen LogP contribution in [-0.4, -0.2) is 50.4 Å². The molecule has 1 aliphatic heterocycles. The van der Waals surface area contributed by atoms with Gasteiger partial charge in [-0.05, 0) is 19.5 Å². The van der Waals surface area contributed by atoms with E-state index < -0.39 is 21.9 Å². The number of sulfonamides is 1. The summed E-state index contributed by atoms with van der Waals surface area (Å²) < 4.78 is 25.4. The molecule has 1 saturated heterocycles. The molecule has 2 heterocycles. The number of hydrogen-bond acceptors (Lipinski definition) is 5. The number of carbonyl (C=O) groups is 2. The Kier molecular flexibility index (Phi) is 4.11. The van der Waals surface area contributed by atoms with Crippen LogP contribution in [0.15, 0.2) is 16.3 Å². The highest BCUT2D eigenvalue weighted by Crippen LogP contribution is 2.24. The van der Waals surface area contributed by atoms with Gasteiger partial charge >= 0.3 is 5.97 Å². The van der Waals surface area contributed by atoms with Crippen LogP contribution in [0.5, 0.6) is 0 Å². The molecule has 0 aliphatic carbocycles. The summed E-state index contributed by atoms with van der Waals surface area (Å²) >= 11 is 1.04. The Bertz CT molecular complexity index is 637. The average molecular weight is 318 g/mol. The zero-order valence-electron chi connectivity index (χ0n) is 10.7. The Morgan fingerprint density at radius 1 is 1.50 bits per heavy atom. The van der Waals surface area contributed by atoms with Crippen LogP contribution in [0.2, 0.25) is 0 Å². The van der Waals surface area contributed by atoms with E-state index in [1.165, 1.54) is 23.4 Å². The van der Waals surface area contributed by atoms with Gasteiger partial charge in [-0.1, -0.05) is 0 Å². The number of aliphatic carboxylic acids is 1. The molecule has 0 radical (unpaired) electrons. The minimum Gasteiger partial charge on any atom is -0.481 e. The van der Waals surface area contributed by atoms with Gasteiger partial charge < -0.3 is 10.0 Å². The van der Waals surface area contributed by atoms with Gasteiger partial charge in [0.25, 0.3) is 5.91 Å². The van der Waals surface area contributed by atoms with Crippen molar-refractivity contribution in [2.45, 2.75) is 11.3 Å². The van der Waals surface area contributed by atoms with Crippen molar-refractivity contribution in [2.75, 3.05) is 20.1 Å². The molecule has 7 nitrogen and oxygen atoms in total. The second-order valence-electron chi connectivity index (χ2n) is 4.43.